The van der Waals surface area contributed by atoms with E-state index in [4.69, 9.17) is 0 Å². The second-order valence-electron chi connectivity index (χ2n) is 4.36. The van der Waals surface area contributed by atoms with Gasteiger partial charge in [0, 0.05) is 25.4 Å². The number of esters is 1. The van der Waals surface area contributed by atoms with Crippen LogP contribution in [0.4, 0.5) is 11.5 Å². The number of hydrogen-bond acceptors (Lipinski definition) is 6. The van der Waals surface area contributed by atoms with E-state index < -0.39 is 10.9 Å². The Kier molecular flexibility index (Phi) is 3.94. The van der Waals surface area contributed by atoms with Crippen LogP contribution in [0.5, 0.6) is 0 Å². The van der Waals surface area contributed by atoms with Gasteiger partial charge in [0.05, 0.1) is 17.6 Å². The molecule has 102 valence electrons. The lowest BCUT2D eigenvalue weighted by Gasteiger charge is -2.27. The first-order valence-corrected chi connectivity index (χ1v) is 6.11. The Labute approximate surface area is 110 Å². The lowest BCUT2D eigenvalue weighted by Crippen LogP contribution is -2.30. The van der Waals surface area contributed by atoms with E-state index in [1.165, 1.54) is 19.4 Å². The molecule has 0 N–H and O–H groups in total. The van der Waals surface area contributed by atoms with Gasteiger partial charge in [-0.1, -0.05) is 0 Å². The van der Waals surface area contributed by atoms with Crippen molar-refractivity contribution in [3.8, 4) is 0 Å². The zero-order valence-electron chi connectivity index (χ0n) is 10.7. The predicted octanol–water partition coefficient (Wildman–Crippen LogP) is 1.77. The molecular weight excluding hydrogens is 250 g/mol. The largest absolute Gasteiger partial charge is 0.465 e. The van der Waals surface area contributed by atoms with Gasteiger partial charge in [-0.3, -0.25) is 10.1 Å². The van der Waals surface area contributed by atoms with Crippen molar-refractivity contribution >= 4 is 17.5 Å². The maximum absolute atomic E-state index is 11.4. The lowest BCUT2D eigenvalue weighted by atomic mass is 10.1. The van der Waals surface area contributed by atoms with Crippen molar-refractivity contribution in [3.05, 3.63) is 27.9 Å². The SMILES string of the molecule is COC(=O)c1cnc(N2CCCCC2)c([N+](=O)[O-])c1. The summed E-state index contributed by atoms with van der Waals surface area (Å²) in [6.07, 6.45) is 4.45. The Morgan fingerprint density at radius 2 is 2.11 bits per heavy atom. The summed E-state index contributed by atoms with van der Waals surface area (Å²) in [6.45, 7) is 1.51. The normalized spacial score (nSPS) is 15.1. The molecule has 0 amide bonds. The van der Waals surface area contributed by atoms with Crippen LogP contribution >= 0.6 is 0 Å². The number of carbonyl (C=O) groups is 1. The quantitative estimate of drug-likeness (QED) is 0.470. The molecule has 0 aromatic carbocycles. The number of nitro groups is 1. The van der Waals surface area contributed by atoms with Gasteiger partial charge in [-0.15, -0.1) is 0 Å². The highest BCUT2D eigenvalue weighted by atomic mass is 16.6. The van der Waals surface area contributed by atoms with E-state index >= 15 is 0 Å². The standard InChI is InChI=1S/C12H15N3O4/c1-19-12(16)9-7-10(15(17)18)11(13-8-9)14-5-3-2-4-6-14/h7-8H,2-6H2,1H3. The molecular formula is C12H15N3O4. The van der Waals surface area contributed by atoms with Crippen molar-refractivity contribution in [2.45, 2.75) is 19.3 Å². The van der Waals surface area contributed by atoms with Crippen LogP contribution in [0, 0.1) is 10.1 Å². The Morgan fingerprint density at radius 3 is 2.68 bits per heavy atom. The minimum atomic E-state index is -0.624. The van der Waals surface area contributed by atoms with Gasteiger partial charge < -0.3 is 9.64 Å². The predicted molar refractivity (Wildman–Crippen MR) is 68.3 cm³/mol. The van der Waals surface area contributed by atoms with Gasteiger partial charge in [0.25, 0.3) is 0 Å². The van der Waals surface area contributed by atoms with Gasteiger partial charge in [0.2, 0.25) is 5.82 Å². The fourth-order valence-electron chi connectivity index (χ4n) is 2.16. The third-order valence-electron chi connectivity index (χ3n) is 3.12. The fourth-order valence-corrected chi connectivity index (χ4v) is 2.16. The van der Waals surface area contributed by atoms with Gasteiger partial charge in [-0.05, 0) is 19.3 Å². The van der Waals surface area contributed by atoms with Crippen LogP contribution in [0.1, 0.15) is 29.6 Å². The van der Waals surface area contributed by atoms with Crippen molar-refractivity contribution in [1.29, 1.82) is 0 Å². The summed E-state index contributed by atoms with van der Waals surface area (Å²) < 4.78 is 4.54. The summed E-state index contributed by atoms with van der Waals surface area (Å²) in [6, 6.07) is 1.22. The van der Waals surface area contributed by atoms with Crippen LogP contribution in [-0.2, 0) is 4.74 Å². The molecule has 1 aromatic rings. The Balaban J connectivity index is 2.37. The van der Waals surface area contributed by atoms with Crippen molar-refractivity contribution in [1.82, 2.24) is 4.98 Å². The van der Waals surface area contributed by atoms with Gasteiger partial charge in [0.15, 0.2) is 0 Å². The number of piperidine rings is 1. The smallest absolute Gasteiger partial charge is 0.339 e. The van der Waals surface area contributed by atoms with Crippen molar-refractivity contribution in [2.75, 3.05) is 25.1 Å². The average molecular weight is 265 g/mol. The number of nitrogens with zero attached hydrogens (tertiary/aromatic N) is 3. The van der Waals surface area contributed by atoms with Crippen molar-refractivity contribution in [2.24, 2.45) is 0 Å². The monoisotopic (exact) mass is 265 g/mol. The van der Waals surface area contributed by atoms with Crippen molar-refractivity contribution < 1.29 is 14.5 Å². The van der Waals surface area contributed by atoms with E-state index in [9.17, 15) is 14.9 Å². The van der Waals surface area contributed by atoms with Gasteiger partial charge in [0.1, 0.15) is 0 Å². The summed E-state index contributed by atoms with van der Waals surface area (Å²) in [7, 11) is 1.23. The topological polar surface area (TPSA) is 85.6 Å². The van der Waals surface area contributed by atoms with Crippen LogP contribution in [-0.4, -0.2) is 36.1 Å². The minimum Gasteiger partial charge on any atom is -0.465 e. The van der Waals surface area contributed by atoms with E-state index in [2.05, 4.69) is 9.72 Å². The Hall–Kier alpha value is -2.18. The van der Waals surface area contributed by atoms with E-state index in [0.717, 1.165) is 32.4 Å². The van der Waals surface area contributed by atoms with Crippen LogP contribution in [0.25, 0.3) is 0 Å². The van der Waals surface area contributed by atoms with Gasteiger partial charge >= 0.3 is 11.7 Å². The lowest BCUT2D eigenvalue weighted by molar-refractivity contribution is -0.384. The number of carbonyl (C=O) groups excluding carboxylic acids is 1. The minimum absolute atomic E-state index is 0.0926. The summed E-state index contributed by atoms with van der Waals surface area (Å²) in [4.78, 5) is 27.9. The van der Waals surface area contributed by atoms with E-state index in [1.807, 2.05) is 4.90 Å². The average Bonchev–Trinajstić information content (AvgIpc) is 2.46. The number of hydrogen-bond donors (Lipinski definition) is 0. The van der Waals surface area contributed by atoms with Crippen LogP contribution in [0.3, 0.4) is 0 Å². The third kappa shape index (κ3) is 2.81. The first kappa shape index (κ1) is 13.3. The first-order valence-electron chi connectivity index (χ1n) is 6.11. The second kappa shape index (κ2) is 5.64. The van der Waals surface area contributed by atoms with E-state index in [0.29, 0.717) is 5.82 Å². The first-order chi connectivity index (χ1) is 9.13. The van der Waals surface area contributed by atoms with E-state index in [1.54, 1.807) is 0 Å². The number of ether oxygens (including phenoxy) is 1. The molecule has 0 spiro atoms. The Morgan fingerprint density at radius 1 is 1.42 bits per heavy atom. The molecule has 1 aromatic heterocycles. The molecule has 0 radical (unpaired) electrons. The number of pyridine rings is 1. The van der Waals surface area contributed by atoms with Crippen LogP contribution in [0.2, 0.25) is 0 Å². The maximum Gasteiger partial charge on any atom is 0.339 e. The molecule has 2 heterocycles. The molecule has 0 bridgehead atoms. The molecule has 0 unspecified atom stereocenters. The maximum atomic E-state index is 11.4. The molecule has 1 fully saturated rings. The fraction of sp³-hybridized carbons (Fsp3) is 0.500. The number of aromatic nitrogens is 1. The molecule has 7 nitrogen and oxygen atoms in total. The summed E-state index contributed by atoms with van der Waals surface area (Å²) in [5, 5.41) is 11.1. The summed E-state index contributed by atoms with van der Waals surface area (Å²) >= 11 is 0. The van der Waals surface area contributed by atoms with Gasteiger partial charge in [-0.2, -0.15) is 0 Å². The third-order valence-corrected chi connectivity index (χ3v) is 3.12. The summed E-state index contributed by atoms with van der Waals surface area (Å²) in [5.41, 5.74) is -0.0558. The zero-order valence-corrected chi connectivity index (χ0v) is 10.7. The molecule has 0 saturated carbocycles. The number of methoxy groups -OCH3 is 1. The molecule has 0 atom stereocenters. The zero-order chi connectivity index (χ0) is 13.8. The molecule has 0 aliphatic carbocycles. The van der Waals surface area contributed by atoms with Crippen LogP contribution < -0.4 is 4.90 Å². The number of anilines is 1. The molecule has 7 heteroatoms. The van der Waals surface area contributed by atoms with Crippen LogP contribution in [0.15, 0.2) is 12.3 Å². The molecule has 1 aliphatic rings. The Bertz CT molecular complexity index is 498. The molecule has 19 heavy (non-hydrogen) atoms. The molecule has 2 rings (SSSR count). The molecule has 1 aliphatic heterocycles. The van der Waals surface area contributed by atoms with Crippen molar-refractivity contribution in [3.63, 3.8) is 0 Å². The second-order valence-corrected chi connectivity index (χ2v) is 4.36. The van der Waals surface area contributed by atoms with Gasteiger partial charge in [-0.25, -0.2) is 9.78 Å². The van der Waals surface area contributed by atoms with E-state index in [-0.39, 0.29) is 11.3 Å². The summed E-state index contributed by atoms with van der Waals surface area (Å²) in [5.74, 6) is -0.293. The number of rotatable bonds is 3. The highest BCUT2D eigenvalue weighted by molar-refractivity contribution is 5.90. The highest BCUT2D eigenvalue weighted by Crippen LogP contribution is 2.28. The molecule has 1 saturated heterocycles. The highest BCUT2D eigenvalue weighted by Gasteiger charge is 2.24.